The van der Waals surface area contributed by atoms with Gasteiger partial charge in [-0.2, -0.15) is 5.26 Å². The van der Waals surface area contributed by atoms with Gasteiger partial charge in [-0.3, -0.25) is 14.5 Å². The molecule has 7 rings (SSSR count). The Bertz CT molecular complexity index is 1340. The monoisotopic (exact) mass is 473 g/mol. The number of anilines is 2. The Balaban J connectivity index is 1.17. The molecule has 2 aromatic heterocycles. The third-order valence-electron chi connectivity index (χ3n) is 7.77. The van der Waals surface area contributed by atoms with Crippen LogP contribution >= 0.6 is 11.6 Å². The third-order valence-corrected chi connectivity index (χ3v) is 8.00. The fourth-order valence-electron chi connectivity index (χ4n) is 5.84. The Labute approximate surface area is 202 Å². The van der Waals surface area contributed by atoms with Crippen molar-refractivity contribution in [1.82, 2.24) is 29.6 Å². The molecule has 3 aliphatic heterocycles. The van der Waals surface area contributed by atoms with Gasteiger partial charge in [0.15, 0.2) is 5.82 Å². The molecule has 0 amide bonds. The largest absolute Gasteiger partial charge is 0.354 e. The second-order valence-electron chi connectivity index (χ2n) is 10.2. The molecule has 3 aromatic rings. The summed E-state index contributed by atoms with van der Waals surface area (Å²) in [5.74, 6) is 2.74. The number of rotatable bonds is 3. The van der Waals surface area contributed by atoms with Crippen LogP contribution in [0.25, 0.3) is 5.69 Å². The van der Waals surface area contributed by atoms with Crippen LogP contribution in [-0.4, -0.2) is 61.4 Å². The summed E-state index contributed by atoms with van der Waals surface area (Å²) in [4.78, 5) is 15.8. The highest BCUT2D eigenvalue weighted by atomic mass is 35.5. The molecule has 9 nitrogen and oxygen atoms in total. The minimum atomic E-state index is -0.393. The van der Waals surface area contributed by atoms with E-state index in [0.29, 0.717) is 18.1 Å². The van der Waals surface area contributed by atoms with Crippen molar-refractivity contribution < 1.29 is 0 Å². The lowest BCUT2D eigenvalue weighted by molar-refractivity contribution is 0.153. The van der Waals surface area contributed by atoms with Crippen molar-refractivity contribution in [3.8, 4) is 11.8 Å². The van der Waals surface area contributed by atoms with E-state index in [-0.39, 0.29) is 5.41 Å². The Morgan fingerprint density at radius 3 is 2.50 bits per heavy atom. The van der Waals surface area contributed by atoms with Gasteiger partial charge in [-0.15, -0.1) is 10.2 Å². The highest BCUT2D eigenvalue weighted by Crippen LogP contribution is 2.46. The van der Waals surface area contributed by atoms with E-state index in [1.54, 1.807) is 12.4 Å². The number of hydrogen-bond acceptors (Lipinski definition) is 8. The van der Waals surface area contributed by atoms with Crippen LogP contribution < -0.4 is 9.80 Å². The van der Waals surface area contributed by atoms with Crippen molar-refractivity contribution in [2.45, 2.75) is 38.4 Å². The van der Waals surface area contributed by atoms with Crippen molar-refractivity contribution in [3.05, 3.63) is 52.7 Å². The molecule has 34 heavy (non-hydrogen) atoms. The smallest absolute Gasteiger partial charge is 0.231 e. The van der Waals surface area contributed by atoms with Crippen molar-refractivity contribution in [3.63, 3.8) is 0 Å². The van der Waals surface area contributed by atoms with Crippen LogP contribution in [0.15, 0.2) is 30.6 Å². The van der Waals surface area contributed by atoms with Gasteiger partial charge < -0.3 is 9.80 Å². The summed E-state index contributed by atoms with van der Waals surface area (Å²) < 4.78 is 2.18. The second kappa shape index (κ2) is 6.90. The number of hydrogen-bond donors (Lipinski definition) is 0. The van der Waals surface area contributed by atoms with Crippen LogP contribution in [0.5, 0.6) is 0 Å². The zero-order valence-corrected chi connectivity index (χ0v) is 19.7. The summed E-state index contributed by atoms with van der Waals surface area (Å²) >= 11 is 6.37. The Kier molecular flexibility index (Phi) is 4.10. The fourth-order valence-corrected chi connectivity index (χ4v) is 6.04. The van der Waals surface area contributed by atoms with Gasteiger partial charge in [0.2, 0.25) is 5.95 Å². The van der Waals surface area contributed by atoms with Crippen LogP contribution in [-0.2, 0) is 13.1 Å². The number of fused-ring (bicyclic) bond motifs is 3. The van der Waals surface area contributed by atoms with Gasteiger partial charge in [0, 0.05) is 55.6 Å². The van der Waals surface area contributed by atoms with E-state index in [4.69, 9.17) is 11.6 Å². The average Bonchev–Trinajstić information content (AvgIpc) is 3.51. The second-order valence-corrected chi connectivity index (χ2v) is 10.6. The molecule has 4 aliphatic rings. The average molecular weight is 474 g/mol. The zero-order valence-electron chi connectivity index (χ0n) is 18.9. The van der Waals surface area contributed by atoms with Gasteiger partial charge in [-0.1, -0.05) is 11.6 Å². The first-order chi connectivity index (χ1) is 16.5. The SMILES string of the molecule is Cc1nccnc1N1CC2(C1)CN(c1nnc3n1-c1ccc(Cl)cc1CN(C1(C#N)CC1)C3)C2. The summed E-state index contributed by atoms with van der Waals surface area (Å²) in [7, 11) is 0. The maximum absolute atomic E-state index is 9.82. The van der Waals surface area contributed by atoms with E-state index in [0.717, 1.165) is 73.6 Å². The van der Waals surface area contributed by atoms with Crippen molar-refractivity contribution >= 4 is 23.4 Å². The van der Waals surface area contributed by atoms with Gasteiger partial charge in [0.1, 0.15) is 11.4 Å². The van der Waals surface area contributed by atoms with Crippen LogP contribution in [0.4, 0.5) is 11.8 Å². The van der Waals surface area contributed by atoms with E-state index in [9.17, 15) is 5.26 Å². The van der Waals surface area contributed by atoms with Crippen molar-refractivity contribution in [1.29, 1.82) is 5.26 Å². The van der Waals surface area contributed by atoms with Crippen LogP contribution in [0.1, 0.15) is 29.9 Å². The van der Waals surface area contributed by atoms with Gasteiger partial charge in [-0.25, -0.2) is 4.98 Å². The van der Waals surface area contributed by atoms with E-state index >= 15 is 0 Å². The maximum atomic E-state index is 9.82. The minimum absolute atomic E-state index is 0.259. The van der Waals surface area contributed by atoms with Gasteiger partial charge >= 0.3 is 0 Å². The number of aryl methyl sites for hydroxylation is 1. The highest BCUT2D eigenvalue weighted by Gasteiger charge is 2.54. The van der Waals surface area contributed by atoms with Crippen molar-refractivity contribution in [2.24, 2.45) is 5.41 Å². The predicted molar refractivity (Wildman–Crippen MR) is 127 cm³/mol. The molecule has 5 heterocycles. The molecule has 1 aliphatic carbocycles. The zero-order chi connectivity index (χ0) is 23.1. The number of nitriles is 1. The Morgan fingerprint density at radius 1 is 1.00 bits per heavy atom. The standard InChI is InChI=1S/C24H24ClN9/c1-16-21(28-7-6-27-16)31-12-23(13-31)14-32(15-23)22-30-29-20-10-33(24(11-26)4-5-24)9-17-8-18(25)2-3-19(17)34(20)22/h2-3,6-8H,4-5,9-10,12-15H2,1H3. The lowest BCUT2D eigenvalue weighted by Crippen LogP contribution is -2.73. The molecule has 2 saturated heterocycles. The molecule has 0 unspecified atom stereocenters. The molecule has 3 fully saturated rings. The number of benzene rings is 1. The normalized spacial score (nSPS) is 21.7. The molecule has 172 valence electrons. The van der Waals surface area contributed by atoms with Crippen molar-refractivity contribution in [2.75, 3.05) is 36.0 Å². The lowest BCUT2D eigenvalue weighted by atomic mass is 9.73. The summed E-state index contributed by atoms with van der Waals surface area (Å²) in [5.41, 5.74) is 3.01. The van der Waals surface area contributed by atoms with Gasteiger partial charge in [0.25, 0.3) is 0 Å². The molecule has 1 spiro atoms. The number of halogens is 1. The van der Waals surface area contributed by atoms with Gasteiger partial charge in [0.05, 0.1) is 24.0 Å². The molecule has 10 heteroatoms. The topological polar surface area (TPSA) is 90.0 Å². The molecule has 0 atom stereocenters. The summed E-state index contributed by atoms with van der Waals surface area (Å²) in [6.45, 7) is 7.14. The first kappa shape index (κ1) is 20.2. The number of nitrogens with zero attached hydrogens (tertiary/aromatic N) is 9. The first-order valence-electron chi connectivity index (χ1n) is 11.7. The molecular formula is C24H24ClN9. The van der Waals surface area contributed by atoms with E-state index in [2.05, 4.69) is 51.6 Å². The third kappa shape index (κ3) is 2.88. The Morgan fingerprint density at radius 2 is 1.76 bits per heavy atom. The van der Waals surface area contributed by atoms with Crippen LogP contribution in [0.2, 0.25) is 5.02 Å². The maximum Gasteiger partial charge on any atom is 0.231 e. The Hall–Kier alpha value is -3.22. The van der Waals surface area contributed by atoms with Crippen LogP contribution in [0.3, 0.4) is 0 Å². The highest BCUT2D eigenvalue weighted by molar-refractivity contribution is 6.30. The molecule has 0 radical (unpaired) electrons. The molecule has 0 N–H and O–H groups in total. The molecule has 0 bridgehead atoms. The first-order valence-corrected chi connectivity index (χ1v) is 12.0. The molecular weight excluding hydrogens is 450 g/mol. The summed E-state index contributed by atoms with van der Waals surface area (Å²) in [6.07, 6.45) is 5.30. The number of aromatic nitrogens is 5. The fraction of sp³-hybridized carbons (Fsp3) is 0.458. The molecule has 1 saturated carbocycles. The molecule has 1 aromatic carbocycles. The van der Waals surface area contributed by atoms with E-state index in [1.165, 1.54) is 0 Å². The minimum Gasteiger partial charge on any atom is -0.354 e. The van der Waals surface area contributed by atoms with Gasteiger partial charge in [-0.05, 0) is 43.5 Å². The van der Waals surface area contributed by atoms with E-state index in [1.807, 2.05) is 19.1 Å². The predicted octanol–water partition coefficient (Wildman–Crippen LogP) is 2.72. The lowest BCUT2D eigenvalue weighted by Gasteiger charge is -2.60. The van der Waals surface area contributed by atoms with E-state index < -0.39 is 5.54 Å². The summed E-state index contributed by atoms with van der Waals surface area (Å²) in [5, 5.41) is 19.7. The van der Waals surface area contributed by atoms with Crippen LogP contribution in [0, 0.1) is 23.7 Å². The summed E-state index contributed by atoms with van der Waals surface area (Å²) in [6, 6.07) is 8.53. The quantitative estimate of drug-likeness (QED) is 0.573.